The van der Waals surface area contributed by atoms with Gasteiger partial charge in [0.1, 0.15) is 0 Å². The molecule has 154 valence electrons. The van der Waals surface area contributed by atoms with Gasteiger partial charge in [-0.3, -0.25) is 4.90 Å². The van der Waals surface area contributed by atoms with E-state index < -0.39 is 0 Å². The number of rotatable bonds is 11. The van der Waals surface area contributed by atoms with Crippen LogP contribution in [0.5, 0.6) is 0 Å². The maximum absolute atomic E-state index is 6.53. The molecular formula is C18H41N7O. The van der Waals surface area contributed by atoms with Gasteiger partial charge in [-0.2, -0.15) is 0 Å². The first-order valence-electron chi connectivity index (χ1n) is 10.4. The third-order valence-corrected chi connectivity index (χ3v) is 5.72. The van der Waals surface area contributed by atoms with Crippen LogP contribution in [0.2, 0.25) is 0 Å². The normalized spacial score (nSPS) is 29.8. The number of morpholine rings is 1. The van der Waals surface area contributed by atoms with Gasteiger partial charge in [-0.1, -0.05) is 0 Å². The molecule has 26 heavy (non-hydrogen) atoms. The minimum Gasteiger partial charge on any atom is -0.370 e. The van der Waals surface area contributed by atoms with Crippen molar-refractivity contribution in [2.75, 3.05) is 65.4 Å². The highest BCUT2D eigenvalue weighted by molar-refractivity contribution is 4.95. The third kappa shape index (κ3) is 6.38. The summed E-state index contributed by atoms with van der Waals surface area (Å²) in [6.45, 7) is 9.03. The molecule has 9 N–H and O–H groups in total. The van der Waals surface area contributed by atoms with Crippen molar-refractivity contribution in [3.63, 3.8) is 0 Å². The van der Waals surface area contributed by atoms with E-state index in [1.54, 1.807) is 0 Å². The summed E-state index contributed by atoms with van der Waals surface area (Å²) in [6.07, 6.45) is 4.15. The Bertz CT molecular complexity index is 365. The Hall–Kier alpha value is -0.320. The topological polar surface area (TPSA) is 132 Å². The largest absolute Gasteiger partial charge is 0.370 e. The maximum atomic E-state index is 6.53. The molecule has 2 aliphatic rings. The number of hydrogen-bond donors (Lipinski definition) is 5. The SMILES string of the molecule is NCCCN1CCN(C(CCN)C2OC(CCN)CNC2CCN)CC1. The molecule has 0 bridgehead atoms. The average Bonchev–Trinajstić information content (AvgIpc) is 2.67. The molecule has 2 saturated heterocycles. The molecule has 2 heterocycles. The number of nitrogens with one attached hydrogen (secondary N) is 1. The second-order valence-corrected chi connectivity index (χ2v) is 7.56. The molecule has 4 unspecified atom stereocenters. The van der Waals surface area contributed by atoms with E-state index >= 15 is 0 Å². The summed E-state index contributed by atoms with van der Waals surface area (Å²) in [6, 6.07) is 0.627. The van der Waals surface area contributed by atoms with Crippen LogP contribution in [0.1, 0.15) is 25.7 Å². The molecule has 0 aromatic carbocycles. The van der Waals surface area contributed by atoms with Gasteiger partial charge in [0.25, 0.3) is 0 Å². The van der Waals surface area contributed by atoms with Crippen molar-refractivity contribution in [3.8, 4) is 0 Å². The molecule has 0 spiro atoms. The highest BCUT2D eigenvalue weighted by atomic mass is 16.5. The minimum atomic E-state index is 0.128. The quantitative estimate of drug-likeness (QED) is 0.284. The Labute approximate surface area is 158 Å². The predicted octanol–water partition coefficient (Wildman–Crippen LogP) is -1.91. The Kier molecular flexibility index (Phi) is 10.3. The minimum absolute atomic E-state index is 0.128. The second kappa shape index (κ2) is 12.2. The van der Waals surface area contributed by atoms with Crippen LogP contribution in [0, 0.1) is 0 Å². The summed E-state index contributed by atoms with van der Waals surface area (Å²) in [5.74, 6) is 0. The second-order valence-electron chi connectivity index (χ2n) is 7.56. The molecule has 0 radical (unpaired) electrons. The number of piperazine rings is 1. The van der Waals surface area contributed by atoms with E-state index in [1.807, 2.05) is 0 Å². The highest BCUT2D eigenvalue weighted by Crippen LogP contribution is 2.24. The van der Waals surface area contributed by atoms with Crippen molar-refractivity contribution in [1.29, 1.82) is 0 Å². The van der Waals surface area contributed by atoms with Gasteiger partial charge in [0.2, 0.25) is 0 Å². The zero-order valence-corrected chi connectivity index (χ0v) is 16.3. The molecule has 0 aliphatic carbocycles. The average molecular weight is 372 g/mol. The van der Waals surface area contributed by atoms with Crippen molar-refractivity contribution in [3.05, 3.63) is 0 Å². The van der Waals surface area contributed by atoms with Gasteiger partial charge in [0, 0.05) is 44.8 Å². The fourth-order valence-corrected chi connectivity index (χ4v) is 4.28. The van der Waals surface area contributed by atoms with E-state index in [4.69, 9.17) is 27.7 Å². The molecule has 8 nitrogen and oxygen atoms in total. The van der Waals surface area contributed by atoms with Gasteiger partial charge >= 0.3 is 0 Å². The third-order valence-electron chi connectivity index (χ3n) is 5.72. The lowest BCUT2D eigenvalue weighted by atomic mass is 9.93. The van der Waals surface area contributed by atoms with Crippen LogP contribution in [0.25, 0.3) is 0 Å². The molecular weight excluding hydrogens is 330 g/mol. The van der Waals surface area contributed by atoms with Gasteiger partial charge in [-0.05, 0) is 58.4 Å². The molecule has 0 aromatic heterocycles. The lowest BCUT2D eigenvalue weighted by Crippen LogP contribution is -2.63. The Morgan fingerprint density at radius 1 is 0.923 bits per heavy atom. The molecule has 2 aliphatic heterocycles. The number of ether oxygens (including phenoxy) is 1. The Morgan fingerprint density at radius 2 is 1.65 bits per heavy atom. The van der Waals surface area contributed by atoms with Crippen molar-refractivity contribution >= 4 is 0 Å². The summed E-state index contributed by atoms with van der Waals surface area (Å²) in [5.41, 5.74) is 23.2. The Balaban J connectivity index is 2.00. The number of nitrogens with zero attached hydrogens (tertiary/aromatic N) is 2. The van der Waals surface area contributed by atoms with Crippen LogP contribution in [0.3, 0.4) is 0 Å². The van der Waals surface area contributed by atoms with E-state index in [1.165, 1.54) is 0 Å². The summed E-state index contributed by atoms with van der Waals surface area (Å²) in [7, 11) is 0. The highest BCUT2D eigenvalue weighted by Gasteiger charge is 2.38. The maximum Gasteiger partial charge on any atom is 0.0888 e. The van der Waals surface area contributed by atoms with Crippen LogP contribution >= 0.6 is 0 Å². The fraction of sp³-hybridized carbons (Fsp3) is 1.00. The van der Waals surface area contributed by atoms with Crippen molar-refractivity contribution in [2.45, 2.75) is 50.0 Å². The fourth-order valence-electron chi connectivity index (χ4n) is 4.28. The molecule has 2 fully saturated rings. The van der Waals surface area contributed by atoms with E-state index in [0.717, 1.165) is 71.5 Å². The summed E-state index contributed by atoms with van der Waals surface area (Å²) < 4.78 is 6.53. The molecule has 0 amide bonds. The molecule has 4 atom stereocenters. The first-order chi connectivity index (χ1) is 12.7. The summed E-state index contributed by atoms with van der Waals surface area (Å²) in [4.78, 5) is 5.09. The van der Waals surface area contributed by atoms with Crippen LogP contribution in [0.15, 0.2) is 0 Å². The van der Waals surface area contributed by atoms with Crippen molar-refractivity contribution in [2.24, 2.45) is 22.9 Å². The van der Waals surface area contributed by atoms with Gasteiger partial charge in [-0.15, -0.1) is 0 Å². The summed E-state index contributed by atoms with van der Waals surface area (Å²) in [5, 5.41) is 3.67. The van der Waals surface area contributed by atoms with Gasteiger partial charge in [0.05, 0.1) is 12.2 Å². The number of nitrogens with two attached hydrogens (primary N) is 4. The van der Waals surface area contributed by atoms with Crippen LogP contribution in [-0.4, -0.2) is 99.5 Å². The summed E-state index contributed by atoms with van der Waals surface area (Å²) >= 11 is 0. The molecule has 0 aromatic rings. The number of hydrogen-bond acceptors (Lipinski definition) is 8. The van der Waals surface area contributed by atoms with Crippen LogP contribution in [0.4, 0.5) is 0 Å². The first-order valence-corrected chi connectivity index (χ1v) is 10.4. The van der Waals surface area contributed by atoms with Gasteiger partial charge < -0.3 is 37.9 Å². The Morgan fingerprint density at radius 3 is 2.27 bits per heavy atom. The van der Waals surface area contributed by atoms with E-state index in [2.05, 4.69) is 15.1 Å². The van der Waals surface area contributed by atoms with E-state index in [9.17, 15) is 0 Å². The zero-order valence-electron chi connectivity index (χ0n) is 16.3. The molecule has 8 heteroatoms. The van der Waals surface area contributed by atoms with Crippen LogP contribution in [-0.2, 0) is 4.74 Å². The molecule has 0 saturated carbocycles. The zero-order chi connectivity index (χ0) is 18.8. The van der Waals surface area contributed by atoms with E-state index in [0.29, 0.717) is 31.7 Å². The van der Waals surface area contributed by atoms with Crippen molar-refractivity contribution in [1.82, 2.24) is 15.1 Å². The predicted molar refractivity (Wildman–Crippen MR) is 107 cm³/mol. The van der Waals surface area contributed by atoms with E-state index in [-0.39, 0.29) is 12.2 Å². The first kappa shape index (κ1) is 22.0. The monoisotopic (exact) mass is 371 g/mol. The van der Waals surface area contributed by atoms with Gasteiger partial charge in [0.15, 0.2) is 0 Å². The lowest BCUT2D eigenvalue weighted by molar-refractivity contribution is -0.110. The van der Waals surface area contributed by atoms with Crippen molar-refractivity contribution < 1.29 is 4.74 Å². The lowest BCUT2D eigenvalue weighted by Gasteiger charge is -2.47. The smallest absolute Gasteiger partial charge is 0.0888 e. The van der Waals surface area contributed by atoms with Gasteiger partial charge in [-0.25, -0.2) is 0 Å². The standard InChI is InChI=1S/C18H41N7O/c19-5-1-9-24-10-12-25(13-11-24)17(4-8-22)18-16(3-7-21)23-14-15(26-18)2-6-20/h15-18,23H,1-14,19-22H2. The van der Waals surface area contributed by atoms with Crippen LogP contribution < -0.4 is 28.3 Å². The molecule has 2 rings (SSSR count).